The fourth-order valence-corrected chi connectivity index (χ4v) is 4.68. The third kappa shape index (κ3) is 7.16. The Morgan fingerprint density at radius 1 is 1.10 bits per heavy atom. The van der Waals surface area contributed by atoms with Crippen LogP contribution in [0.2, 0.25) is 5.02 Å². The molecule has 0 aliphatic rings. The fourth-order valence-electron chi connectivity index (χ4n) is 3.72. The zero-order valence-corrected chi connectivity index (χ0v) is 23.2. The van der Waals surface area contributed by atoms with Gasteiger partial charge in [0, 0.05) is 27.9 Å². The molecule has 0 unspecified atom stereocenters. The van der Waals surface area contributed by atoms with Crippen molar-refractivity contribution in [2.45, 2.75) is 25.5 Å². The van der Waals surface area contributed by atoms with Crippen molar-refractivity contribution in [1.29, 1.82) is 0 Å². The minimum absolute atomic E-state index is 0.0288. The van der Waals surface area contributed by atoms with E-state index in [-0.39, 0.29) is 29.5 Å². The lowest BCUT2D eigenvalue weighted by atomic mass is 10.1. The molecular formula is C27H25ClN6O5S. The van der Waals surface area contributed by atoms with Crippen LogP contribution in [0.25, 0.3) is 5.69 Å². The Bertz CT molecular complexity index is 1540. The number of thioether (sulfide) groups is 1. The fraction of sp³-hybridized carbons (Fsp3) is 0.185. The number of aromatic nitrogens is 3. The van der Waals surface area contributed by atoms with Gasteiger partial charge >= 0.3 is 0 Å². The van der Waals surface area contributed by atoms with Crippen molar-refractivity contribution in [3.63, 3.8) is 0 Å². The van der Waals surface area contributed by atoms with E-state index in [0.29, 0.717) is 45.3 Å². The molecule has 4 aromatic rings. The monoisotopic (exact) mass is 580 g/mol. The smallest absolute Gasteiger partial charge is 0.273 e. The van der Waals surface area contributed by atoms with Gasteiger partial charge in [0.25, 0.3) is 11.6 Å². The van der Waals surface area contributed by atoms with E-state index in [9.17, 15) is 19.7 Å². The molecule has 0 saturated carbocycles. The van der Waals surface area contributed by atoms with Crippen molar-refractivity contribution in [1.82, 2.24) is 20.1 Å². The molecule has 1 aromatic heterocycles. The molecule has 4 rings (SSSR count). The number of aryl methyl sites for hydroxylation is 1. The normalized spacial score (nSPS) is 10.7. The Balaban J connectivity index is 1.48. The summed E-state index contributed by atoms with van der Waals surface area (Å²) in [7, 11) is 0. The summed E-state index contributed by atoms with van der Waals surface area (Å²) < 4.78 is 7.11. The number of carbonyl (C=O) groups excluding carboxylic acids is 2. The number of nitro benzene ring substituents is 1. The Morgan fingerprint density at radius 2 is 1.88 bits per heavy atom. The van der Waals surface area contributed by atoms with Crippen LogP contribution in [-0.4, -0.2) is 43.9 Å². The summed E-state index contributed by atoms with van der Waals surface area (Å²) in [5, 5.41) is 26.2. The summed E-state index contributed by atoms with van der Waals surface area (Å²) in [5.41, 5.74) is 1.73. The van der Waals surface area contributed by atoms with Crippen LogP contribution >= 0.6 is 23.4 Å². The molecule has 2 N–H and O–H groups in total. The number of nitro groups is 1. The summed E-state index contributed by atoms with van der Waals surface area (Å²) in [5.74, 6) is 0.389. The minimum Gasteiger partial charge on any atom is -0.494 e. The SMILES string of the molecule is CCOc1ccc(NC(=O)CSc2nnc(CNC(=O)c3ccc(C)c([N+](=O)[O-])c3)n2-c2cccc(Cl)c2)cc1. The van der Waals surface area contributed by atoms with Crippen LogP contribution in [0, 0.1) is 17.0 Å². The first kappa shape index (κ1) is 28.6. The van der Waals surface area contributed by atoms with E-state index in [1.807, 2.05) is 6.92 Å². The summed E-state index contributed by atoms with van der Waals surface area (Å²) in [6, 6.07) is 18.3. The van der Waals surface area contributed by atoms with Crippen molar-refractivity contribution in [2.75, 3.05) is 17.7 Å². The van der Waals surface area contributed by atoms with E-state index >= 15 is 0 Å². The lowest BCUT2D eigenvalue weighted by Gasteiger charge is -2.12. The summed E-state index contributed by atoms with van der Waals surface area (Å²) in [4.78, 5) is 36.1. The zero-order valence-electron chi connectivity index (χ0n) is 21.6. The van der Waals surface area contributed by atoms with Gasteiger partial charge in [-0.2, -0.15) is 0 Å². The second-order valence-corrected chi connectivity index (χ2v) is 9.83. The molecule has 0 aliphatic heterocycles. The molecule has 2 amide bonds. The standard InChI is InChI=1S/C27H25ClN6O5S/c1-3-39-22-11-9-20(10-12-22)30-25(35)16-40-27-32-31-24(33(27)21-6-4-5-19(28)14-21)15-29-26(36)18-8-7-17(2)23(13-18)34(37)38/h4-14H,3,15-16H2,1-2H3,(H,29,36)(H,30,35). The lowest BCUT2D eigenvalue weighted by Crippen LogP contribution is -2.25. The van der Waals surface area contributed by atoms with Crippen LogP contribution in [0.5, 0.6) is 5.75 Å². The zero-order chi connectivity index (χ0) is 28.6. The first-order valence-electron chi connectivity index (χ1n) is 12.1. The molecule has 206 valence electrons. The summed E-state index contributed by atoms with van der Waals surface area (Å²) >= 11 is 7.38. The van der Waals surface area contributed by atoms with Gasteiger partial charge in [0.1, 0.15) is 5.75 Å². The van der Waals surface area contributed by atoms with Gasteiger partial charge in [-0.25, -0.2) is 0 Å². The van der Waals surface area contributed by atoms with E-state index < -0.39 is 10.8 Å². The molecule has 1 heterocycles. The van der Waals surface area contributed by atoms with Crippen LogP contribution in [0.15, 0.2) is 71.9 Å². The van der Waals surface area contributed by atoms with Gasteiger partial charge in [0.15, 0.2) is 11.0 Å². The minimum atomic E-state index is -0.530. The molecule has 40 heavy (non-hydrogen) atoms. The Kier molecular flexibility index (Phi) is 9.35. The van der Waals surface area contributed by atoms with Gasteiger partial charge in [0.2, 0.25) is 5.91 Å². The van der Waals surface area contributed by atoms with Crippen LogP contribution in [-0.2, 0) is 11.3 Å². The van der Waals surface area contributed by atoms with Crippen LogP contribution < -0.4 is 15.4 Å². The second kappa shape index (κ2) is 13.1. The van der Waals surface area contributed by atoms with Crippen molar-refractivity contribution >= 4 is 46.6 Å². The first-order valence-corrected chi connectivity index (χ1v) is 13.5. The molecular weight excluding hydrogens is 556 g/mol. The molecule has 0 bridgehead atoms. The second-order valence-electron chi connectivity index (χ2n) is 8.45. The Hall–Kier alpha value is -4.42. The number of amides is 2. The van der Waals surface area contributed by atoms with Crippen LogP contribution in [0.4, 0.5) is 11.4 Å². The number of rotatable bonds is 11. The van der Waals surface area contributed by atoms with Gasteiger partial charge in [-0.3, -0.25) is 24.3 Å². The molecule has 0 atom stereocenters. The van der Waals surface area contributed by atoms with Crippen molar-refractivity contribution < 1.29 is 19.2 Å². The molecule has 0 fully saturated rings. The number of nitrogens with one attached hydrogen (secondary N) is 2. The van der Waals surface area contributed by atoms with Crippen molar-refractivity contribution in [2.24, 2.45) is 0 Å². The van der Waals surface area contributed by atoms with Gasteiger partial charge in [-0.05, 0) is 62.4 Å². The predicted molar refractivity (Wildman–Crippen MR) is 152 cm³/mol. The number of anilines is 1. The summed E-state index contributed by atoms with van der Waals surface area (Å²) in [6.07, 6.45) is 0. The highest BCUT2D eigenvalue weighted by Crippen LogP contribution is 2.25. The molecule has 11 nitrogen and oxygen atoms in total. The molecule has 0 spiro atoms. The Labute approximate surface area is 239 Å². The van der Waals surface area contributed by atoms with E-state index in [1.165, 1.54) is 30.0 Å². The number of hydrogen-bond donors (Lipinski definition) is 2. The van der Waals surface area contributed by atoms with Gasteiger partial charge < -0.3 is 15.4 Å². The number of benzene rings is 3. The quantitative estimate of drug-likeness (QED) is 0.140. The third-order valence-electron chi connectivity index (χ3n) is 5.62. The average molecular weight is 581 g/mol. The maximum Gasteiger partial charge on any atom is 0.273 e. The van der Waals surface area contributed by atoms with E-state index in [4.69, 9.17) is 16.3 Å². The van der Waals surface area contributed by atoms with Gasteiger partial charge in [-0.1, -0.05) is 35.5 Å². The van der Waals surface area contributed by atoms with Gasteiger partial charge in [-0.15, -0.1) is 10.2 Å². The largest absolute Gasteiger partial charge is 0.494 e. The maximum absolute atomic E-state index is 12.8. The topological polar surface area (TPSA) is 141 Å². The van der Waals surface area contributed by atoms with E-state index in [0.717, 1.165) is 0 Å². The van der Waals surface area contributed by atoms with Gasteiger partial charge in [0.05, 0.1) is 29.5 Å². The molecule has 3 aromatic carbocycles. The number of halogens is 1. The highest BCUT2D eigenvalue weighted by atomic mass is 35.5. The van der Waals surface area contributed by atoms with Crippen molar-refractivity contribution in [3.8, 4) is 11.4 Å². The van der Waals surface area contributed by atoms with Crippen LogP contribution in [0.3, 0.4) is 0 Å². The molecule has 0 saturated heterocycles. The predicted octanol–water partition coefficient (Wildman–Crippen LogP) is 5.20. The highest BCUT2D eigenvalue weighted by molar-refractivity contribution is 7.99. The van der Waals surface area contributed by atoms with Crippen molar-refractivity contribution in [3.05, 3.63) is 98.8 Å². The number of ether oxygens (including phenoxy) is 1. The average Bonchev–Trinajstić information content (AvgIpc) is 3.34. The molecule has 0 aliphatic carbocycles. The highest BCUT2D eigenvalue weighted by Gasteiger charge is 2.19. The maximum atomic E-state index is 12.8. The third-order valence-corrected chi connectivity index (χ3v) is 6.79. The summed E-state index contributed by atoms with van der Waals surface area (Å²) in [6.45, 7) is 4.02. The lowest BCUT2D eigenvalue weighted by molar-refractivity contribution is -0.385. The number of carbonyl (C=O) groups is 2. The molecule has 13 heteroatoms. The Morgan fingerprint density at radius 3 is 2.58 bits per heavy atom. The molecule has 0 radical (unpaired) electrons. The first-order chi connectivity index (χ1) is 19.2. The number of nitrogens with zero attached hydrogens (tertiary/aromatic N) is 4. The number of hydrogen-bond acceptors (Lipinski definition) is 8. The van der Waals surface area contributed by atoms with E-state index in [2.05, 4.69) is 20.8 Å². The van der Waals surface area contributed by atoms with E-state index in [1.54, 1.807) is 60.0 Å². The van der Waals surface area contributed by atoms with Crippen LogP contribution in [0.1, 0.15) is 28.7 Å².